The molecule has 8 heteroatoms. The molecule has 1 unspecified atom stereocenters. The number of morpholine rings is 1. The van der Waals surface area contributed by atoms with Crippen LogP contribution in [0.4, 0.5) is 13.2 Å². The summed E-state index contributed by atoms with van der Waals surface area (Å²) in [6.07, 6.45) is -3.19. The number of carbonyl (C=O) groups is 1. The minimum atomic E-state index is -4.35. The average Bonchev–Trinajstić information content (AvgIpc) is 2.63. The van der Waals surface area contributed by atoms with Crippen LogP contribution >= 0.6 is 0 Å². The van der Waals surface area contributed by atoms with Crippen molar-refractivity contribution < 1.29 is 22.7 Å². The van der Waals surface area contributed by atoms with Crippen molar-refractivity contribution in [2.45, 2.75) is 25.1 Å². The Kier molecular flexibility index (Phi) is 7.86. The van der Waals surface area contributed by atoms with Gasteiger partial charge in [-0.2, -0.15) is 13.2 Å². The molecule has 0 spiro atoms. The molecule has 0 aromatic heterocycles. The van der Waals surface area contributed by atoms with Crippen molar-refractivity contribution in [1.82, 2.24) is 15.5 Å². The summed E-state index contributed by atoms with van der Waals surface area (Å²) < 4.78 is 43.7. The van der Waals surface area contributed by atoms with Gasteiger partial charge in [-0.25, -0.2) is 0 Å². The second-order valence-electron chi connectivity index (χ2n) is 6.30. The minimum absolute atomic E-state index is 0.0505. The third kappa shape index (κ3) is 6.26. The van der Waals surface area contributed by atoms with E-state index in [0.29, 0.717) is 39.3 Å². The minimum Gasteiger partial charge on any atom is -0.379 e. The van der Waals surface area contributed by atoms with Gasteiger partial charge in [0, 0.05) is 26.1 Å². The zero-order chi connectivity index (χ0) is 19.0. The number of nitrogens with zero attached hydrogens (tertiary/aromatic N) is 1. The largest absolute Gasteiger partial charge is 0.416 e. The maximum atomic E-state index is 12.8. The molecule has 146 valence electrons. The lowest BCUT2D eigenvalue weighted by Gasteiger charge is -2.35. The molecule has 1 atom stereocenters. The highest BCUT2D eigenvalue weighted by atomic mass is 19.4. The number of nitrogens with one attached hydrogen (secondary N) is 2. The quantitative estimate of drug-likeness (QED) is 0.686. The van der Waals surface area contributed by atoms with E-state index in [1.54, 1.807) is 0 Å². The number of hydrogen-bond acceptors (Lipinski definition) is 4. The summed E-state index contributed by atoms with van der Waals surface area (Å²) in [6, 6.07) is 5.01. The Morgan fingerprint density at radius 2 is 1.88 bits per heavy atom. The lowest BCUT2D eigenvalue weighted by atomic mass is 10.0. The molecule has 0 aliphatic carbocycles. The second kappa shape index (κ2) is 9.89. The fraction of sp³-hybridized carbons (Fsp3) is 0.611. The number of benzene rings is 1. The second-order valence-corrected chi connectivity index (χ2v) is 6.30. The standard InChI is InChI=1S/C18H26F3N3O2/c1-22-8-2-3-17(25)23-13-16(24-9-11-26-12-10-24)14-4-6-15(7-5-14)18(19,20)21/h4-7,16,22H,2-3,8-13H2,1H3,(H,23,25). The van der Waals surface area contributed by atoms with Crippen LogP contribution in [-0.4, -0.2) is 57.2 Å². The number of alkyl halides is 3. The zero-order valence-corrected chi connectivity index (χ0v) is 14.9. The van der Waals surface area contributed by atoms with E-state index in [9.17, 15) is 18.0 Å². The van der Waals surface area contributed by atoms with Gasteiger partial charge in [0.15, 0.2) is 0 Å². The van der Waals surface area contributed by atoms with Crippen LogP contribution in [0.25, 0.3) is 0 Å². The summed E-state index contributed by atoms with van der Waals surface area (Å²) in [4.78, 5) is 14.1. The van der Waals surface area contributed by atoms with Gasteiger partial charge in [0.25, 0.3) is 0 Å². The Bertz CT molecular complexity index is 558. The third-order valence-electron chi connectivity index (χ3n) is 4.43. The van der Waals surface area contributed by atoms with Gasteiger partial charge in [-0.05, 0) is 37.7 Å². The van der Waals surface area contributed by atoms with Gasteiger partial charge in [0.2, 0.25) is 5.91 Å². The molecule has 5 nitrogen and oxygen atoms in total. The van der Waals surface area contributed by atoms with E-state index < -0.39 is 11.7 Å². The van der Waals surface area contributed by atoms with Gasteiger partial charge >= 0.3 is 6.18 Å². The Hall–Kier alpha value is -1.64. The van der Waals surface area contributed by atoms with Crippen LogP contribution in [0.2, 0.25) is 0 Å². The highest BCUT2D eigenvalue weighted by Crippen LogP contribution is 2.31. The van der Waals surface area contributed by atoms with Crippen LogP contribution in [0, 0.1) is 0 Å². The topological polar surface area (TPSA) is 53.6 Å². The number of carbonyl (C=O) groups excluding carboxylic acids is 1. The van der Waals surface area contributed by atoms with Crippen molar-refractivity contribution in [2.75, 3.05) is 46.4 Å². The Labute approximate surface area is 151 Å². The molecule has 1 fully saturated rings. The molecule has 2 N–H and O–H groups in total. The molecular weight excluding hydrogens is 347 g/mol. The Morgan fingerprint density at radius 3 is 2.46 bits per heavy atom. The van der Waals surface area contributed by atoms with Crippen molar-refractivity contribution in [3.63, 3.8) is 0 Å². The van der Waals surface area contributed by atoms with E-state index in [1.807, 2.05) is 7.05 Å². The van der Waals surface area contributed by atoms with Gasteiger partial charge in [-0.15, -0.1) is 0 Å². The maximum Gasteiger partial charge on any atom is 0.416 e. The third-order valence-corrected chi connectivity index (χ3v) is 4.43. The van der Waals surface area contributed by atoms with Gasteiger partial charge in [-0.1, -0.05) is 12.1 Å². The first-order valence-corrected chi connectivity index (χ1v) is 8.82. The lowest BCUT2D eigenvalue weighted by Crippen LogP contribution is -2.43. The van der Waals surface area contributed by atoms with Crippen LogP contribution in [0.3, 0.4) is 0 Å². The van der Waals surface area contributed by atoms with E-state index in [0.717, 1.165) is 30.7 Å². The molecule has 1 aromatic rings. The first-order valence-electron chi connectivity index (χ1n) is 8.82. The number of halogens is 3. The number of hydrogen-bond donors (Lipinski definition) is 2. The summed E-state index contributed by atoms with van der Waals surface area (Å²) in [5.41, 5.74) is 0.0912. The highest BCUT2D eigenvalue weighted by molar-refractivity contribution is 5.75. The molecule has 0 saturated carbocycles. The van der Waals surface area contributed by atoms with E-state index in [4.69, 9.17) is 4.74 Å². The molecule has 1 aliphatic heterocycles. The normalized spacial score (nSPS) is 17.1. The van der Waals surface area contributed by atoms with Crippen molar-refractivity contribution in [3.05, 3.63) is 35.4 Å². The number of ether oxygens (including phenoxy) is 1. The zero-order valence-electron chi connectivity index (χ0n) is 14.9. The predicted octanol–water partition coefficient (Wildman–Crippen LogP) is 2.19. The van der Waals surface area contributed by atoms with Crippen LogP contribution in [0.1, 0.15) is 30.0 Å². The summed E-state index contributed by atoms with van der Waals surface area (Å²) in [7, 11) is 1.83. The summed E-state index contributed by atoms with van der Waals surface area (Å²) >= 11 is 0. The van der Waals surface area contributed by atoms with Crippen LogP contribution in [-0.2, 0) is 15.7 Å². The van der Waals surface area contributed by atoms with Crippen LogP contribution < -0.4 is 10.6 Å². The molecule has 26 heavy (non-hydrogen) atoms. The van der Waals surface area contributed by atoms with Crippen molar-refractivity contribution >= 4 is 5.91 Å². The van der Waals surface area contributed by atoms with Crippen molar-refractivity contribution in [2.24, 2.45) is 0 Å². The van der Waals surface area contributed by atoms with E-state index in [2.05, 4.69) is 15.5 Å². The molecule has 1 amide bonds. The van der Waals surface area contributed by atoms with Crippen molar-refractivity contribution in [1.29, 1.82) is 0 Å². The fourth-order valence-electron chi connectivity index (χ4n) is 2.97. The first kappa shape index (κ1) is 20.7. The van der Waals surface area contributed by atoms with Crippen LogP contribution in [0.5, 0.6) is 0 Å². The van der Waals surface area contributed by atoms with Gasteiger partial charge in [-0.3, -0.25) is 9.69 Å². The fourth-order valence-corrected chi connectivity index (χ4v) is 2.97. The molecule has 1 saturated heterocycles. The van der Waals surface area contributed by atoms with Gasteiger partial charge in [0.05, 0.1) is 24.8 Å². The molecule has 1 aliphatic rings. The Morgan fingerprint density at radius 1 is 1.23 bits per heavy atom. The molecule has 0 bridgehead atoms. The van der Waals surface area contributed by atoms with E-state index >= 15 is 0 Å². The van der Waals surface area contributed by atoms with E-state index in [1.165, 1.54) is 12.1 Å². The van der Waals surface area contributed by atoms with E-state index in [-0.39, 0.29) is 11.9 Å². The number of rotatable bonds is 8. The van der Waals surface area contributed by atoms with Crippen molar-refractivity contribution in [3.8, 4) is 0 Å². The summed E-state index contributed by atoms with van der Waals surface area (Å²) in [5, 5.41) is 5.90. The average molecular weight is 373 g/mol. The molecular formula is C18H26F3N3O2. The predicted molar refractivity (Wildman–Crippen MR) is 92.7 cm³/mol. The molecule has 1 aromatic carbocycles. The SMILES string of the molecule is CNCCCC(=O)NCC(c1ccc(C(F)(F)F)cc1)N1CCOCC1. The lowest BCUT2D eigenvalue weighted by molar-refractivity contribution is -0.137. The summed E-state index contributed by atoms with van der Waals surface area (Å²) in [5.74, 6) is -0.0505. The van der Waals surface area contributed by atoms with Crippen LogP contribution in [0.15, 0.2) is 24.3 Å². The smallest absolute Gasteiger partial charge is 0.379 e. The summed E-state index contributed by atoms with van der Waals surface area (Å²) in [6.45, 7) is 3.64. The molecule has 1 heterocycles. The first-order chi connectivity index (χ1) is 12.4. The number of amides is 1. The molecule has 0 radical (unpaired) electrons. The maximum absolute atomic E-state index is 12.8. The molecule has 2 rings (SSSR count). The van der Waals surface area contributed by atoms with Gasteiger partial charge in [0.1, 0.15) is 0 Å². The highest BCUT2D eigenvalue weighted by Gasteiger charge is 2.31. The monoisotopic (exact) mass is 373 g/mol. The van der Waals surface area contributed by atoms with Gasteiger partial charge < -0.3 is 15.4 Å². The Balaban J connectivity index is 2.04.